The number of anilines is 1. The predicted octanol–water partition coefficient (Wildman–Crippen LogP) is 3.04. The largest absolute Gasteiger partial charge is 0.452 e. The number of para-hydroxylation sites is 2. The van der Waals surface area contributed by atoms with E-state index in [-0.39, 0.29) is 16.9 Å². The third-order valence-corrected chi connectivity index (χ3v) is 3.00. The zero-order valence-electron chi connectivity index (χ0n) is 11.7. The molecule has 118 valence electrons. The van der Waals surface area contributed by atoms with Crippen LogP contribution in [0.4, 0.5) is 11.4 Å². The van der Waals surface area contributed by atoms with Crippen LogP contribution in [0.3, 0.4) is 0 Å². The average molecular weight is 335 g/mol. The Labute approximate surface area is 136 Å². The predicted molar refractivity (Wildman–Crippen MR) is 83.5 cm³/mol. The highest BCUT2D eigenvalue weighted by Crippen LogP contribution is 2.22. The molecule has 1 N–H and O–H groups in total. The van der Waals surface area contributed by atoms with E-state index in [0.29, 0.717) is 5.02 Å². The minimum Gasteiger partial charge on any atom is -0.452 e. The second-order valence-electron chi connectivity index (χ2n) is 4.41. The Morgan fingerprint density at radius 1 is 1.17 bits per heavy atom. The fourth-order valence-corrected chi connectivity index (χ4v) is 1.95. The molecule has 0 aliphatic heterocycles. The van der Waals surface area contributed by atoms with Gasteiger partial charge in [0, 0.05) is 11.1 Å². The van der Waals surface area contributed by atoms with Crippen molar-refractivity contribution in [1.82, 2.24) is 0 Å². The number of nitrogens with one attached hydrogen (secondary N) is 1. The summed E-state index contributed by atoms with van der Waals surface area (Å²) < 4.78 is 4.84. The van der Waals surface area contributed by atoms with Gasteiger partial charge in [-0.05, 0) is 24.3 Å². The SMILES string of the molecule is O=C(COC(=O)c1cccc(Cl)c1)Nc1ccccc1[N+](=O)[O-]. The molecule has 8 heteroatoms. The van der Waals surface area contributed by atoms with Gasteiger partial charge in [-0.1, -0.05) is 29.8 Å². The maximum absolute atomic E-state index is 11.8. The number of hydrogen-bond acceptors (Lipinski definition) is 5. The summed E-state index contributed by atoms with van der Waals surface area (Å²) in [5.74, 6) is -1.40. The molecule has 0 unspecified atom stereocenters. The molecule has 0 fully saturated rings. The number of amides is 1. The first-order valence-electron chi connectivity index (χ1n) is 6.43. The summed E-state index contributed by atoms with van der Waals surface area (Å²) in [7, 11) is 0. The van der Waals surface area contributed by atoms with Gasteiger partial charge in [0.05, 0.1) is 10.5 Å². The van der Waals surface area contributed by atoms with Gasteiger partial charge >= 0.3 is 5.97 Å². The molecule has 7 nitrogen and oxygen atoms in total. The molecule has 0 aliphatic rings. The Morgan fingerprint density at radius 3 is 2.61 bits per heavy atom. The standard InChI is InChI=1S/C15H11ClN2O5/c16-11-5-3-4-10(8-11)15(20)23-9-14(19)17-12-6-1-2-7-13(12)18(21)22/h1-8H,9H2,(H,17,19). The molecule has 1 amide bonds. The van der Waals surface area contributed by atoms with Crippen LogP contribution in [0.1, 0.15) is 10.4 Å². The summed E-state index contributed by atoms with van der Waals surface area (Å²) in [6.45, 7) is -0.572. The molecule has 23 heavy (non-hydrogen) atoms. The molecule has 2 rings (SSSR count). The van der Waals surface area contributed by atoms with Crippen molar-refractivity contribution in [2.75, 3.05) is 11.9 Å². The highest BCUT2D eigenvalue weighted by atomic mass is 35.5. The zero-order valence-corrected chi connectivity index (χ0v) is 12.4. The number of halogens is 1. The first-order chi connectivity index (χ1) is 11.0. The summed E-state index contributed by atoms with van der Waals surface area (Å²) in [6, 6.07) is 11.7. The lowest BCUT2D eigenvalue weighted by Gasteiger charge is -2.07. The van der Waals surface area contributed by atoms with Crippen LogP contribution in [0.5, 0.6) is 0 Å². The second kappa shape index (κ2) is 7.37. The van der Waals surface area contributed by atoms with E-state index >= 15 is 0 Å². The number of nitro groups is 1. The average Bonchev–Trinajstić information content (AvgIpc) is 2.53. The van der Waals surface area contributed by atoms with Gasteiger partial charge in [-0.2, -0.15) is 0 Å². The van der Waals surface area contributed by atoms with E-state index < -0.39 is 23.4 Å². The van der Waals surface area contributed by atoms with Gasteiger partial charge in [0.25, 0.3) is 11.6 Å². The van der Waals surface area contributed by atoms with Crippen molar-refractivity contribution in [2.45, 2.75) is 0 Å². The molecule has 0 saturated heterocycles. The molecule has 2 aromatic carbocycles. The number of carbonyl (C=O) groups is 2. The highest BCUT2D eigenvalue weighted by molar-refractivity contribution is 6.30. The molecule has 0 bridgehead atoms. The Hall–Kier alpha value is -2.93. The molecule has 0 saturated carbocycles. The summed E-state index contributed by atoms with van der Waals surface area (Å²) in [5, 5.41) is 13.5. The van der Waals surface area contributed by atoms with Crippen molar-refractivity contribution in [2.24, 2.45) is 0 Å². The number of nitro benzene ring substituents is 1. The van der Waals surface area contributed by atoms with E-state index in [1.165, 1.54) is 30.3 Å². The first kappa shape index (κ1) is 16.4. The van der Waals surface area contributed by atoms with Gasteiger partial charge in [0.1, 0.15) is 5.69 Å². The van der Waals surface area contributed by atoms with Crippen LogP contribution in [0.25, 0.3) is 0 Å². The molecule has 0 atom stereocenters. The molecular formula is C15H11ClN2O5. The quantitative estimate of drug-likeness (QED) is 0.514. The van der Waals surface area contributed by atoms with Crippen molar-refractivity contribution < 1.29 is 19.2 Å². The molecule has 0 spiro atoms. The van der Waals surface area contributed by atoms with Crippen LogP contribution in [0.15, 0.2) is 48.5 Å². The van der Waals surface area contributed by atoms with Crippen molar-refractivity contribution in [3.05, 3.63) is 69.2 Å². The van der Waals surface area contributed by atoms with E-state index in [9.17, 15) is 19.7 Å². The number of rotatable bonds is 5. The fraction of sp³-hybridized carbons (Fsp3) is 0.0667. The Balaban J connectivity index is 1.96. The lowest BCUT2D eigenvalue weighted by atomic mass is 10.2. The topological polar surface area (TPSA) is 98.5 Å². The minimum absolute atomic E-state index is 0.0290. The Morgan fingerprint density at radius 2 is 1.91 bits per heavy atom. The van der Waals surface area contributed by atoms with Crippen LogP contribution in [-0.2, 0) is 9.53 Å². The van der Waals surface area contributed by atoms with Crippen LogP contribution >= 0.6 is 11.6 Å². The number of esters is 1. The number of hydrogen-bond donors (Lipinski definition) is 1. The number of carbonyl (C=O) groups excluding carboxylic acids is 2. The van der Waals surface area contributed by atoms with Gasteiger partial charge < -0.3 is 10.1 Å². The Kier molecular flexibility index (Phi) is 5.27. The van der Waals surface area contributed by atoms with Gasteiger partial charge in [-0.3, -0.25) is 14.9 Å². The summed E-state index contributed by atoms with van der Waals surface area (Å²) in [4.78, 5) is 33.7. The van der Waals surface area contributed by atoms with Crippen molar-refractivity contribution in [3.63, 3.8) is 0 Å². The summed E-state index contributed by atoms with van der Waals surface area (Å²) in [5.41, 5.74) is -0.0145. The monoisotopic (exact) mass is 334 g/mol. The van der Waals surface area contributed by atoms with Crippen LogP contribution in [0, 0.1) is 10.1 Å². The van der Waals surface area contributed by atoms with E-state index in [0.717, 1.165) is 0 Å². The lowest BCUT2D eigenvalue weighted by molar-refractivity contribution is -0.383. The van der Waals surface area contributed by atoms with Gasteiger partial charge in [0.15, 0.2) is 6.61 Å². The minimum atomic E-state index is -0.717. The van der Waals surface area contributed by atoms with Crippen LogP contribution in [0.2, 0.25) is 5.02 Å². The maximum Gasteiger partial charge on any atom is 0.338 e. The fourth-order valence-electron chi connectivity index (χ4n) is 1.75. The van der Waals surface area contributed by atoms with Gasteiger partial charge in [-0.15, -0.1) is 0 Å². The molecular weight excluding hydrogens is 324 g/mol. The van der Waals surface area contributed by atoms with E-state index in [2.05, 4.69) is 5.32 Å². The molecule has 0 heterocycles. The molecule has 0 radical (unpaired) electrons. The Bertz CT molecular complexity index is 763. The van der Waals surface area contributed by atoms with Gasteiger partial charge in [-0.25, -0.2) is 4.79 Å². The smallest absolute Gasteiger partial charge is 0.338 e. The molecule has 0 aliphatic carbocycles. The lowest BCUT2D eigenvalue weighted by Crippen LogP contribution is -2.21. The molecule has 2 aromatic rings. The third kappa shape index (κ3) is 4.52. The number of ether oxygens (including phenoxy) is 1. The number of benzene rings is 2. The highest BCUT2D eigenvalue weighted by Gasteiger charge is 2.16. The summed E-state index contributed by atoms with van der Waals surface area (Å²) >= 11 is 5.76. The normalized spacial score (nSPS) is 9.96. The third-order valence-electron chi connectivity index (χ3n) is 2.77. The van der Waals surface area contributed by atoms with Crippen LogP contribution in [-0.4, -0.2) is 23.4 Å². The van der Waals surface area contributed by atoms with Crippen molar-refractivity contribution >= 4 is 34.9 Å². The van der Waals surface area contributed by atoms with Gasteiger partial charge in [0.2, 0.25) is 0 Å². The van der Waals surface area contributed by atoms with Crippen molar-refractivity contribution in [3.8, 4) is 0 Å². The molecule has 0 aromatic heterocycles. The van der Waals surface area contributed by atoms with E-state index in [1.807, 2.05) is 0 Å². The van der Waals surface area contributed by atoms with E-state index in [4.69, 9.17) is 16.3 Å². The summed E-state index contributed by atoms with van der Waals surface area (Å²) in [6.07, 6.45) is 0. The first-order valence-corrected chi connectivity index (χ1v) is 6.81. The number of nitrogens with zero attached hydrogens (tertiary/aromatic N) is 1. The van der Waals surface area contributed by atoms with E-state index in [1.54, 1.807) is 18.2 Å². The second-order valence-corrected chi connectivity index (χ2v) is 4.85. The maximum atomic E-state index is 11.8. The van der Waals surface area contributed by atoms with Crippen molar-refractivity contribution in [1.29, 1.82) is 0 Å². The zero-order chi connectivity index (χ0) is 16.8. The van der Waals surface area contributed by atoms with Crippen LogP contribution < -0.4 is 5.32 Å².